The van der Waals surface area contributed by atoms with Crippen LogP contribution in [-0.4, -0.2) is 26.6 Å². The van der Waals surface area contributed by atoms with E-state index in [1.165, 1.54) is 18.5 Å². The van der Waals surface area contributed by atoms with Gasteiger partial charge in [-0.1, -0.05) is 13.8 Å². The van der Waals surface area contributed by atoms with E-state index < -0.39 is 5.82 Å². The molecule has 2 amide bonds. The lowest BCUT2D eigenvalue weighted by atomic mass is 9.89. The number of hydrogen-bond donors (Lipinski definition) is 2. The number of fused-ring (bicyclic) bond motifs is 1. The van der Waals surface area contributed by atoms with Gasteiger partial charge < -0.3 is 10.6 Å². The van der Waals surface area contributed by atoms with E-state index >= 15 is 0 Å². The third kappa shape index (κ3) is 3.24. The number of aromatic nitrogens is 3. The van der Waals surface area contributed by atoms with Crippen molar-refractivity contribution < 1.29 is 14.0 Å². The maximum Gasteiger partial charge on any atom is 0.227 e. The molecule has 0 radical (unpaired) electrons. The Morgan fingerprint density at radius 1 is 1.48 bits per heavy atom. The molecule has 1 atom stereocenters. The molecular weight excluding hydrogens is 325 g/mol. The lowest BCUT2D eigenvalue weighted by Crippen LogP contribution is -2.26. The van der Waals surface area contributed by atoms with Crippen LogP contribution in [0.4, 0.5) is 15.8 Å². The van der Waals surface area contributed by atoms with Crippen molar-refractivity contribution >= 4 is 23.2 Å². The van der Waals surface area contributed by atoms with E-state index in [9.17, 15) is 14.0 Å². The highest BCUT2D eigenvalue weighted by molar-refractivity contribution is 5.97. The Morgan fingerprint density at radius 2 is 2.24 bits per heavy atom. The fourth-order valence-electron chi connectivity index (χ4n) is 2.87. The van der Waals surface area contributed by atoms with Gasteiger partial charge in [0.1, 0.15) is 18.0 Å². The van der Waals surface area contributed by atoms with Crippen molar-refractivity contribution in [1.29, 1.82) is 0 Å². The lowest BCUT2D eigenvalue weighted by Gasteiger charge is -2.26. The summed E-state index contributed by atoms with van der Waals surface area (Å²) in [5.41, 5.74) is 1.16. The minimum absolute atomic E-state index is 0.0513. The number of anilines is 2. The van der Waals surface area contributed by atoms with Crippen LogP contribution in [0.1, 0.15) is 44.5 Å². The lowest BCUT2D eigenvalue weighted by molar-refractivity contribution is -0.119. The molecule has 2 heterocycles. The monoisotopic (exact) mass is 345 g/mol. The van der Waals surface area contributed by atoms with Crippen LogP contribution in [0.15, 0.2) is 18.5 Å². The predicted octanol–water partition coefficient (Wildman–Crippen LogP) is 2.51. The van der Waals surface area contributed by atoms with Gasteiger partial charge in [0.25, 0.3) is 0 Å². The summed E-state index contributed by atoms with van der Waals surface area (Å²) < 4.78 is 16.2. The molecule has 132 valence electrons. The van der Waals surface area contributed by atoms with Gasteiger partial charge >= 0.3 is 0 Å². The summed E-state index contributed by atoms with van der Waals surface area (Å²) in [6.07, 6.45) is 1.60. The number of nitrogens with one attached hydrogen (secondary N) is 2. The summed E-state index contributed by atoms with van der Waals surface area (Å²) >= 11 is 0. The van der Waals surface area contributed by atoms with Crippen LogP contribution >= 0.6 is 0 Å². The topological polar surface area (TPSA) is 88.9 Å². The smallest absolute Gasteiger partial charge is 0.227 e. The second kappa shape index (κ2) is 6.62. The SMILES string of the molecule is CCn1ncnc1[C@@H]1CC(=O)Nc2cc(NC(=O)C(C)C)c(F)cc21. The van der Waals surface area contributed by atoms with E-state index in [-0.39, 0.29) is 35.8 Å². The normalized spacial score (nSPS) is 16.5. The highest BCUT2D eigenvalue weighted by atomic mass is 19.1. The Kier molecular flexibility index (Phi) is 4.52. The van der Waals surface area contributed by atoms with Gasteiger partial charge in [0.2, 0.25) is 11.8 Å². The zero-order chi connectivity index (χ0) is 18.1. The summed E-state index contributed by atoms with van der Waals surface area (Å²) in [7, 11) is 0. The zero-order valence-corrected chi connectivity index (χ0v) is 14.3. The zero-order valence-electron chi connectivity index (χ0n) is 14.3. The molecule has 0 bridgehead atoms. The number of carbonyl (C=O) groups is 2. The minimum atomic E-state index is -0.545. The summed E-state index contributed by atoms with van der Waals surface area (Å²) in [5, 5.41) is 9.42. The van der Waals surface area contributed by atoms with Crippen LogP contribution in [-0.2, 0) is 16.1 Å². The van der Waals surface area contributed by atoms with Gasteiger partial charge in [0.05, 0.1) is 11.6 Å². The molecule has 1 aliphatic rings. The third-order valence-electron chi connectivity index (χ3n) is 4.22. The molecule has 1 aliphatic heterocycles. The van der Waals surface area contributed by atoms with E-state index in [0.717, 1.165) is 0 Å². The van der Waals surface area contributed by atoms with Gasteiger partial charge in [0.15, 0.2) is 0 Å². The Morgan fingerprint density at radius 3 is 2.92 bits per heavy atom. The van der Waals surface area contributed by atoms with Crippen molar-refractivity contribution in [3.8, 4) is 0 Å². The van der Waals surface area contributed by atoms with Gasteiger partial charge in [0, 0.05) is 24.6 Å². The molecule has 1 aromatic carbocycles. The predicted molar refractivity (Wildman–Crippen MR) is 90.7 cm³/mol. The molecule has 3 rings (SSSR count). The maximum atomic E-state index is 14.5. The van der Waals surface area contributed by atoms with Crippen molar-refractivity contribution in [1.82, 2.24) is 14.8 Å². The maximum absolute atomic E-state index is 14.5. The molecule has 0 aliphatic carbocycles. The number of halogens is 1. The quantitative estimate of drug-likeness (QED) is 0.891. The molecule has 1 aromatic heterocycles. The Hall–Kier alpha value is -2.77. The van der Waals surface area contributed by atoms with Gasteiger partial charge in [-0.05, 0) is 24.6 Å². The van der Waals surface area contributed by atoms with E-state index in [1.807, 2.05) is 6.92 Å². The first-order valence-electron chi connectivity index (χ1n) is 8.22. The summed E-state index contributed by atoms with van der Waals surface area (Å²) in [4.78, 5) is 28.2. The second-order valence-corrected chi connectivity index (χ2v) is 6.30. The van der Waals surface area contributed by atoms with Crippen molar-refractivity contribution in [2.45, 2.75) is 39.7 Å². The third-order valence-corrected chi connectivity index (χ3v) is 4.22. The van der Waals surface area contributed by atoms with Crippen molar-refractivity contribution in [2.24, 2.45) is 5.92 Å². The van der Waals surface area contributed by atoms with Gasteiger partial charge in [-0.15, -0.1) is 0 Å². The molecule has 2 aromatic rings. The summed E-state index contributed by atoms with van der Waals surface area (Å²) in [6, 6.07) is 2.81. The first-order valence-corrected chi connectivity index (χ1v) is 8.22. The van der Waals surface area contributed by atoms with E-state index in [0.29, 0.717) is 23.6 Å². The highest BCUT2D eigenvalue weighted by Crippen LogP contribution is 2.38. The highest BCUT2D eigenvalue weighted by Gasteiger charge is 2.31. The van der Waals surface area contributed by atoms with Crippen LogP contribution in [0.25, 0.3) is 0 Å². The molecule has 25 heavy (non-hydrogen) atoms. The number of carbonyl (C=O) groups excluding carboxylic acids is 2. The van der Waals surface area contributed by atoms with Gasteiger partial charge in [-0.3, -0.25) is 9.59 Å². The Balaban J connectivity index is 2.03. The summed E-state index contributed by atoms with van der Waals surface area (Å²) in [5.74, 6) is -1.05. The standard InChI is InChI=1S/C17H20FN5O2/c1-4-23-16(19-8-20-23)11-6-15(24)21-13-7-14(12(18)5-10(11)13)22-17(25)9(2)3/h5,7-9,11H,4,6H2,1-3H3,(H,21,24)(H,22,25)/t11-/m1/s1. The van der Waals surface area contributed by atoms with E-state index in [2.05, 4.69) is 20.7 Å². The fraction of sp³-hybridized carbons (Fsp3) is 0.412. The Bertz CT molecular complexity index is 830. The molecule has 2 N–H and O–H groups in total. The second-order valence-electron chi connectivity index (χ2n) is 6.30. The number of nitrogens with zero attached hydrogens (tertiary/aromatic N) is 3. The van der Waals surface area contributed by atoms with Crippen LogP contribution < -0.4 is 10.6 Å². The first-order chi connectivity index (χ1) is 11.9. The molecule has 7 nitrogen and oxygen atoms in total. The average Bonchev–Trinajstić information content (AvgIpc) is 3.03. The van der Waals surface area contributed by atoms with Crippen molar-refractivity contribution in [3.63, 3.8) is 0 Å². The number of aryl methyl sites for hydroxylation is 1. The molecule has 0 saturated carbocycles. The van der Waals surface area contributed by atoms with Crippen LogP contribution in [0, 0.1) is 11.7 Å². The van der Waals surface area contributed by atoms with Crippen LogP contribution in [0.2, 0.25) is 0 Å². The molecule has 0 unspecified atom stereocenters. The number of rotatable bonds is 4. The fourth-order valence-corrected chi connectivity index (χ4v) is 2.87. The molecule has 0 saturated heterocycles. The number of hydrogen-bond acceptors (Lipinski definition) is 4. The number of amides is 2. The number of benzene rings is 1. The average molecular weight is 345 g/mol. The van der Waals surface area contributed by atoms with Gasteiger partial charge in [-0.2, -0.15) is 5.10 Å². The van der Waals surface area contributed by atoms with Crippen LogP contribution in [0.5, 0.6) is 0 Å². The molecular formula is C17H20FN5O2. The first kappa shape index (κ1) is 17.1. The molecule has 0 fully saturated rings. The van der Waals surface area contributed by atoms with E-state index in [1.54, 1.807) is 18.5 Å². The molecule has 0 spiro atoms. The minimum Gasteiger partial charge on any atom is -0.326 e. The Labute approximate surface area is 144 Å². The summed E-state index contributed by atoms with van der Waals surface area (Å²) in [6.45, 7) is 5.98. The van der Waals surface area contributed by atoms with E-state index in [4.69, 9.17) is 0 Å². The van der Waals surface area contributed by atoms with Crippen molar-refractivity contribution in [3.05, 3.63) is 35.7 Å². The van der Waals surface area contributed by atoms with Crippen molar-refractivity contribution in [2.75, 3.05) is 10.6 Å². The molecule has 8 heteroatoms. The van der Waals surface area contributed by atoms with Crippen LogP contribution in [0.3, 0.4) is 0 Å². The van der Waals surface area contributed by atoms with Gasteiger partial charge in [-0.25, -0.2) is 14.1 Å². The largest absolute Gasteiger partial charge is 0.326 e.